The second-order valence-electron chi connectivity index (χ2n) is 7.63. The van der Waals surface area contributed by atoms with Crippen LogP contribution in [0.2, 0.25) is 0 Å². The predicted molar refractivity (Wildman–Crippen MR) is 115 cm³/mol. The summed E-state index contributed by atoms with van der Waals surface area (Å²) in [7, 11) is 1.70. The van der Waals surface area contributed by atoms with Crippen molar-refractivity contribution in [1.29, 1.82) is 0 Å². The Morgan fingerprint density at radius 3 is 2.93 bits per heavy atom. The summed E-state index contributed by atoms with van der Waals surface area (Å²) in [5, 5.41) is 15.5. The molecule has 1 atom stereocenters. The Balaban J connectivity index is 1.66. The summed E-state index contributed by atoms with van der Waals surface area (Å²) in [5.41, 5.74) is 10.3. The van der Waals surface area contributed by atoms with Crippen LogP contribution in [0.15, 0.2) is 30.6 Å². The molecule has 1 aliphatic rings. The lowest BCUT2D eigenvalue weighted by atomic mass is 10.1. The van der Waals surface area contributed by atoms with Gasteiger partial charge in [0.15, 0.2) is 5.82 Å². The summed E-state index contributed by atoms with van der Waals surface area (Å²) in [6, 6.07) is 8.56. The van der Waals surface area contributed by atoms with Crippen molar-refractivity contribution in [3.63, 3.8) is 0 Å². The standard InChI is InChI=1S/C21H23N5O2S/c1-12-5-13-7-18(29-20(13)17(6-12)28-2)16-8-14(9-25-4-3-15(27)10-25)26-19(16)21(22)23-11-24-26/h5-8,11,15,27H,3-4,9-10H2,1-2H3,(H2,22,23,24)/t15-/m1/s1. The molecule has 0 amide bonds. The van der Waals surface area contributed by atoms with Gasteiger partial charge in [0.25, 0.3) is 0 Å². The number of nitrogen functional groups attached to an aromatic ring is 1. The van der Waals surface area contributed by atoms with Crippen LogP contribution in [0.3, 0.4) is 0 Å². The van der Waals surface area contributed by atoms with E-state index in [1.165, 1.54) is 6.33 Å². The number of likely N-dealkylation sites (tertiary alicyclic amines) is 1. The molecule has 150 valence electrons. The Morgan fingerprint density at radius 1 is 1.31 bits per heavy atom. The monoisotopic (exact) mass is 409 g/mol. The van der Waals surface area contributed by atoms with Crippen molar-refractivity contribution in [2.24, 2.45) is 0 Å². The zero-order chi connectivity index (χ0) is 20.1. The van der Waals surface area contributed by atoms with Gasteiger partial charge in [-0.05, 0) is 42.5 Å². The lowest BCUT2D eigenvalue weighted by Gasteiger charge is -2.14. The SMILES string of the molecule is COc1cc(C)cc2cc(-c3cc(CN4CC[C@@H](O)C4)n4ncnc(N)c34)sc12. The topological polar surface area (TPSA) is 88.9 Å². The highest BCUT2D eigenvalue weighted by Gasteiger charge is 2.23. The molecule has 0 unspecified atom stereocenters. The summed E-state index contributed by atoms with van der Waals surface area (Å²) in [5.74, 6) is 1.35. The third kappa shape index (κ3) is 3.13. The van der Waals surface area contributed by atoms with E-state index in [0.29, 0.717) is 18.9 Å². The molecule has 0 radical (unpaired) electrons. The lowest BCUT2D eigenvalue weighted by Crippen LogP contribution is -2.22. The predicted octanol–water partition coefficient (Wildman–Crippen LogP) is 3.08. The molecular formula is C21H23N5O2S. The van der Waals surface area contributed by atoms with Gasteiger partial charge in [0.2, 0.25) is 0 Å². The van der Waals surface area contributed by atoms with E-state index in [0.717, 1.165) is 56.0 Å². The number of benzene rings is 1. The highest BCUT2D eigenvalue weighted by Crippen LogP contribution is 2.42. The van der Waals surface area contributed by atoms with E-state index in [4.69, 9.17) is 10.5 Å². The number of aryl methyl sites for hydroxylation is 1. The summed E-state index contributed by atoms with van der Waals surface area (Å²) in [6.45, 7) is 4.34. The summed E-state index contributed by atoms with van der Waals surface area (Å²) in [6.07, 6.45) is 2.05. The number of hydrogen-bond acceptors (Lipinski definition) is 7. The maximum absolute atomic E-state index is 9.87. The first-order valence-corrected chi connectivity index (χ1v) is 10.4. The van der Waals surface area contributed by atoms with E-state index < -0.39 is 0 Å². The number of nitrogens with two attached hydrogens (primary N) is 1. The highest BCUT2D eigenvalue weighted by molar-refractivity contribution is 7.22. The van der Waals surface area contributed by atoms with Gasteiger partial charge in [0.05, 0.1) is 23.6 Å². The van der Waals surface area contributed by atoms with E-state index in [9.17, 15) is 5.11 Å². The lowest BCUT2D eigenvalue weighted by molar-refractivity contribution is 0.174. The number of thiophene rings is 1. The molecule has 1 aliphatic heterocycles. The zero-order valence-electron chi connectivity index (χ0n) is 16.4. The molecule has 3 N–H and O–H groups in total. The molecule has 4 aromatic rings. The van der Waals surface area contributed by atoms with Crippen molar-refractivity contribution in [3.05, 3.63) is 41.9 Å². The van der Waals surface area contributed by atoms with Gasteiger partial charge in [-0.1, -0.05) is 6.07 Å². The van der Waals surface area contributed by atoms with E-state index in [1.807, 2.05) is 4.52 Å². The number of aliphatic hydroxyl groups is 1. The zero-order valence-corrected chi connectivity index (χ0v) is 17.2. The second-order valence-corrected chi connectivity index (χ2v) is 8.68. The molecular weight excluding hydrogens is 386 g/mol. The Hall–Kier alpha value is -2.68. The van der Waals surface area contributed by atoms with Gasteiger partial charge in [-0.25, -0.2) is 9.50 Å². The number of aromatic nitrogens is 3. The number of aliphatic hydroxyl groups excluding tert-OH is 1. The molecule has 29 heavy (non-hydrogen) atoms. The Morgan fingerprint density at radius 2 is 2.17 bits per heavy atom. The van der Waals surface area contributed by atoms with Crippen LogP contribution in [0, 0.1) is 6.92 Å². The largest absolute Gasteiger partial charge is 0.495 e. The number of methoxy groups -OCH3 is 1. The number of β-amino-alcohol motifs (C(OH)–C–C–N with tert-alkyl or cyclic N) is 1. The van der Waals surface area contributed by atoms with Gasteiger partial charge in [-0.15, -0.1) is 11.3 Å². The number of hydrogen-bond donors (Lipinski definition) is 2. The fourth-order valence-corrected chi connectivity index (χ4v) is 5.32. The van der Waals surface area contributed by atoms with Crippen LogP contribution >= 0.6 is 11.3 Å². The van der Waals surface area contributed by atoms with Crippen LogP contribution in [0.5, 0.6) is 5.75 Å². The van der Waals surface area contributed by atoms with Crippen molar-refractivity contribution in [3.8, 4) is 16.2 Å². The molecule has 0 spiro atoms. The number of rotatable bonds is 4. The molecule has 3 aromatic heterocycles. The van der Waals surface area contributed by atoms with Crippen LogP contribution in [-0.2, 0) is 6.54 Å². The maximum Gasteiger partial charge on any atom is 0.152 e. The third-order valence-electron chi connectivity index (χ3n) is 5.50. The average molecular weight is 410 g/mol. The van der Waals surface area contributed by atoms with Crippen LogP contribution in [0.1, 0.15) is 17.7 Å². The number of ether oxygens (including phenoxy) is 1. The van der Waals surface area contributed by atoms with Crippen LogP contribution in [-0.4, -0.2) is 50.9 Å². The molecule has 1 saturated heterocycles. The van der Waals surface area contributed by atoms with E-state index in [-0.39, 0.29) is 6.10 Å². The second kappa shape index (κ2) is 6.98. The van der Waals surface area contributed by atoms with Crippen molar-refractivity contribution in [2.45, 2.75) is 26.0 Å². The Bertz CT molecular complexity index is 1210. The van der Waals surface area contributed by atoms with Crippen LogP contribution < -0.4 is 10.5 Å². The van der Waals surface area contributed by atoms with Gasteiger partial charge in [0.1, 0.15) is 17.6 Å². The summed E-state index contributed by atoms with van der Waals surface area (Å²) in [4.78, 5) is 7.57. The maximum atomic E-state index is 9.87. The molecule has 7 nitrogen and oxygen atoms in total. The van der Waals surface area contributed by atoms with E-state index >= 15 is 0 Å². The van der Waals surface area contributed by atoms with Gasteiger partial charge >= 0.3 is 0 Å². The van der Waals surface area contributed by atoms with E-state index in [2.05, 4.69) is 46.2 Å². The highest BCUT2D eigenvalue weighted by atomic mass is 32.1. The normalized spacial score (nSPS) is 17.6. The number of nitrogens with zero attached hydrogens (tertiary/aromatic N) is 4. The number of fused-ring (bicyclic) bond motifs is 2. The smallest absolute Gasteiger partial charge is 0.152 e. The van der Waals surface area contributed by atoms with Crippen molar-refractivity contribution < 1.29 is 9.84 Å². The van der Waals surface area contributed by atoms with Gasteiger partial charge < -0.3 is 15.6 Å². The van der Waals surface area contributed by atoms with Crippen LogP contribution in [0.25, 0.3) is 26.0 Å². The third-order valence-corrected chi connectivity index (χ3v) is 6.70. The molecule has 4 heterocycles. The molecule has 0 aliphatic carbocycles. The Kier molecular flexibility index (Phi) is 4.42. The minimum absolute atomic E-state index is 0.251. The van der Waals surface area contributed by atoms with Crippen molar-refractivity contribution >= 4 is 32.8 Å². The molecule has 8 heteroatoms. The summed E-state index contributed by atoms with van der Waals surface area (Å²) >= 11 is 1.69. The van der Waals surface area contributed by atoms with Gasteiger partial charge in [-0.3, -0.25) is 4.90 Å². The minimum Gasteiger partial charge on any atom is -0.495 e. The molecule has 1 aromatic carbocycles. The van der Waals surface area contributed by atoms with E-state index in [1.54, 1.807) is 18.4 Å². The van der Waals surface area contributed by atoms with Gasteiger partial charge in [-0.2, -0.15) is 5.10 Å². The molecule has 5 rings (SSSR count). The quantitative estimate of drug-likeness (QED) is 0.538. The first-order valence-electron chi connectivity index (χ1n) is 9.63. The first kappa shape index (κ1) is 18.4. The Labute approximate surface area is 172 Å². The number of anilines is 1. The van der Waals surface area contributed by atoms with Gasteiger partial charge in [0, 0.05) is 30.1 Å². The fraction of sp³-hybridized carbons (Fsp3) is 0.333. The average Bonchev–Trinajstić information content (AvgIpc) is 3.39. The fourth-order valence-electron chi connectivity index (χ4n) is 4.17. The summed E-state index contributed by atoms with van der Waals surface area (Å²) < 4.78 is 8.60. The minimum atomic E-state index is -0.251. The molecule has 0 saturated carbocycles. The first-order chi connectivity index (χ1) is 14.0. The molecule has 0 bridgehead atoms. The van der Waals surface area contributed by atoms with Crippen molar-refractivity contribution in [2.75, 3.05) is 25.9 Å². The molecule has 1 fully saturated rings. The van der Waals surface area contributed by atoms with Crippen LogP contribution in [0.4, 0.5) is 5.82 Å². The van der Waals surface area contributed by atoms with Crippen molar-refractivity contribution in [1.82, 2.24) is 19.5 Å².